The Hall–Kier alpha value is -3.93. The number of benzene rings is 3. The second kappa shape index (κ2) is 8.20. The zero-order chi connectivity index (χ0) is 23.0. The summed E-state index contributed by atoms with van der Waals surface area (Å²) in [5.41, 5.74) is 1.68. The van der Waals surface area contributed by atoms with Crippen LogP contribution in [0.4, 0.5) is 4.79 Å². The minimum Gasteiger partial charge on any atom is -0.422 e. The maximum absolute atomic E-state index is 13.9. The number of fused-ring (bicyclic) bond motifs is 1. The minimum absolute atomic E-state index is 0.0118. The van der Waals surface area contributed by atoms with Crippen LogP contribution in [0.3, 0.4) is 0 Å². The van der Waals surface area contributed by atoms with Gasteiger partial charge < -0.3 is 9.64 Å². The molecule has 166 valence electrons. The van der Waals surface area contributed by atoms with Gasteiger partial charge in [-0.1, -0.05) is 84.9 Å². The molecule has 5 rings (SSSR count). The third-order valence-electron chi connectivity index (χ3n) is 6.46. The van der Waals surface area contributed by atoms with Crippen molar-refractivity contribution in [1.82, 2.24) is 9.80 Å². The van der Waals surface area contributed by atoms with Gasteiger partial charge in [-0.05, 0) is 29.2 Å². The summed E-state index contributed by atoms with van der Waals surface area (Å²) >= 11 is 0. The normalized spacial score (nSPS) is 20.5. The Morgan fingerprint density at radius 2 is 1.42 bits per heavy atom. The van der Waals surface area contributed by atoms with Gasteiger partial charge in [0.05, 0.1) is 6.04 Å². The zero-order valence-corrected chi connectivity index (χ0v) is 18.3. The quantitative estimate of drug-likeness (QED) is 0.557. The molecule has 0 spiro atoms. The average Bonchev–Trinajstić information content (AvgIpc) is 3.38. The summed E-state index contributed by atoms with van der Waals surface area (Å²) in [6, 6.07) is 25.7. The molecule has 0 radical (unpaired) electrons. The van der Waals surface area contributed by atoms with Gasteiger partial charge in [-0.2, -0.15) is 0 Å². The van der Waals surface area contributed by atoms with E-state index in [1.165, 1.54) is 0 Å². The maximum atomic E-state index is 13.9. The first kappa shape index (κ1) is 20.9. The van der Waals surface area contributed by atoms with E-state index in [1.807, 2.05) is 84.9 Å². The molecule has 2 atom stereocenters. The number of hydrogen-bond acceptors (Lipinski definition) is 4. The van der Waals surface area contributed by atoms with Gasteiger partial charge in [0.2, 0.25) is 0 Å². The van der Waals surface area contributed by atoms with Crippen molar-refractivity contribution in [3.63, 3.8) is 0 Å². The van der Waals surface area contributed by atoms with Crippen LogP contribution in [-0.2, 0) is 33.8 Å². The third kappa shape index (κ3) is 3.57. The van der Waals surface area contributed by atoms with Crippen LogP contribution in [0.15, 0.2) is 84.9 Å². The lowest BCUT2D eigenvalue weighted by molar-refractivity contribution is -0.157. The van der Waals surface area contributed by atoms with Crippen LogP contribution < -0.4 is 0 Å². The summed E-state index contributed by atoms with van der Waals surface area (Å²) in [5, 5.41) is 0. The Morgan fingerprint density at radius 3 is 2.03 bits per heavy atom. The molecule has 6 nitrogen and oxygen atoms in total. The lowest BCUT2D eigenvalue weighted by atomic mass is 9.91. The summed E-state index contributed by atoms with van der Waals surface area (Å²) in [6.07, 6.45) is -0.806. The fourth-order valence-corrected chi connectivity index (χ4v) is 4.67. The van der Waals surface area contributed by atoms with Gasteiger partial charge in [0.15, 0.2) is 0 Å². The van der Waals surface area contributed by atoms with Crippen LogP contribution in [-0.4, -0.2) is 33.3 Å². The van der Waals surface area contributed by atoms with Crippen molar-refractivity contribution in [3.8, 4) is 0 Å². The van der Waals surface area contributed by atoms with Crippen molar-refractivity contribution in [2.45, 2.75) is 38.1 Å². The smallest absolute Gasteiger partial charge is 0.418 e. The number of nitrogens with zero attached hydrogens (tertiary/aromatic N) is 2. The van der Waals surface area contributed by atoms with Gasteiger partial charge in [-0.15, -0.1) is 0 Å². The summed E-state index contributed by atoms with van der Waals surface area (Å²) in [5.74, 6) is -1.10. The molecule has 0 saturated carbocycles. The van der Waals surface area contributed by atoms with Crippen molar-refractivity contribution in [3.05, 3.63) is 107 Å². The molecule has 3 amide bonds. The van der Waals surface area contributed by atoms with Crippen molar-refractivity contribution in [2.75, 3.05) is 0 Å². The molecule has 1 fully saturated rings. The topological polar surface area (TPSA) is 66.9 Å². The second-order valence-corrected chi connectivity index (χ2v) is 8.55. The number of ether oxygens (including phenoxy) is 1. The van der Waals surface area contributed by atoms with E-state index in [2.05, 4.69) is 0 Å². The summed E-state index contributed by atoms with van der Waals surface area (Å²) in [4.78, 5) is 43.5. The first-order chi connectivity index (χ1) is 16.0. The van der Waals surface area contributed by atoms with E-state index in [-0.39, 0.29) is 6.42 Å². The Kier molecular flexibility index (Phi) is 5.21. The van der Waals surface area contributed by atoms with E-state index >= 15 is 0 Å². The molecule has 1 unspecified atom stereocenters. The molecule has 6 heteroatoms. The maximum Gasteiger partial charge on any atom is 0.418 e. The lowest BCUT2D eigenvalue weighted by Gasteiger charge is -2.29. The molecule has 3 aromatic carbocycles. The van der Waals surface area contributed by atoms with E-state index in [4.69, 9.17) is 4.74 Å². The summed E-state index contributed by atoms with van der Waals surface area (Å²) in [6.45, 7) is 2.53. The van der Waals surface area contributed by atoms with Crippen molar-refractivity contribution >= 4 is 17.9 Å². The number of hydrogen-bond donors (Lipinski definition) is 0. The molecule has 2 aliphatic heterocycles. The lowest BCUT2D eigenvalue weighted by Crippen LogP contribution is -2.55. The highest BCUT2D eigenvalue weighted by molar-refractivity contribution is 6.17. The minimum atomic E-state index is -1.93. The van der Waals surface area contributed by atoms with Crippen LogP contribution in [0.25, 0.3) is 0 Å². The first-order valence-electron chi connectivity index (χ1n) is 11.0. The molecule has 1 saturated heterocycles. The SMILES string of the molecule is CC(c1ccccc1)N1C(=O)O[C@](Cc2ccccc2)(C(=O)N2Cc3ccccc3C2)C1=O. The predicted molar refractivity (Wildman–Crippen MR) is 122 cm³/mol. The predicted octanol–water partition coefficient (Wildman–Crippen LogP) is 4.25. The van der Waals surface area contributed by atoms with Gasteiger partial charge in [0.25, 0.3) is 17.4 Å². The van der Waals surface area contributed by atoms with E-state index < -0.39 is 29.6 Å². The molecular weight excluding hydrogens is 416 g/mol. The fraction of sp³-hybridized carbons (Fsp3) is 0.222. The second-order valence-electron chi connectivity index (χ2n) is 8.55. The fourth-order valence-electron chi connectivity index (χ4n) is 4.67. The van der Waals surface area contributed by atoms with E-state index in [1.54, 1.807) is 11.8 Å². The first-order valence-corrected chi connectivity index (χ1v) is 11.0. The van der Waals surface area contributed by atoms with Crippen LogP contribution in [0.2, 0.25) is 0 Å². The van der Waals surface area contributed by atoms with Gasteiger partial charge >= 0.3 is 6.09 Å². The molecule has 2 heterocycles. The van der Waals surface area contributed by atoms with E-state index in [0.717, 1.165) is 27.2 Å². The largest absolute Gasteiger partial charge is 0.422 e. The highest BCUT2D eigenvalue weighted by Gasteiger charge is 2.62. The standard InChI is InChI=1S/C27H24N2O4/c1-19(21-12-6-3-7-13-21)29-25(31)27(33-26(29)32,16-20-10-4-2-5-11-20)24(30)28-17-22-14-8-9-15-23(22)18-28/h2-15,19H,16-18H2,1H3/t19?,27-/m1/s1. The summed E-state index contributed by atoms with van der Waals surface area (Å²) in [7, 11) is 0. The summed E-state index contributed by atoms with van der Waals surface area (Å²) < 4.78 is 5.74. The monoisotopic (exact) mass is 440 g/mol. The highest BCUT2D eigenvalue weighted by atomic mass is 16.6. The van der Waals surface area contributed by atoms with Crippen LogP contribution in [0, 0.1) is 0 Å². The number of carbonyl (C=O) groups excluding carboxylic acids is 3. The molecule has 0 aliphatic carbocycles. The number of carbonyl (C=O) groups is 3. The number of cyclic esters (lactones) is 1. The van der Waals surface area contributed by atoms with E-state index in [0.29, 0.717) is 13.1 Å². The molecular formula is C27H24N2O4. The Balaban J connectivity index is 1.52. The van der Waals surface area contributed by atoms with Crippen molar-refractivity contribution < 1.29 is 19.1 Å². The Bertz CT molecular complexity index is 1190. The average molecular weight is 440 g/mol. The zero-order valence-electron chi connectivity index (χ0n) is 18.3. The van der Waals surface area contributed by atoms with Gasteiger partial charge in [-0.3, -0.25) is 9.59 Å². The molecule has 0 bridgehead atoms. The van der Waals surface area contributed by atoms with Gasteiger partial charge in [-0.25, -0.2) is 9.69 Å². The molecule has 3 aromatic rings. The third-order valence-corrected chi connectivity index (χ3v) is 6.46. The van der Waals surface area contributed by atoms with Crippen LogP contribution in [0.1, 0.15) is 35.2 Å². The van der Waals surface area contributed by atoms with E-state index in [9.17, 15) is 14.4 Å². The number of rotatable bonds is 5. The molecule has 0 aromatic heterocycles. The Labute approximate surface area is 192 Å². The van der Waals surface area contributed by atoms with Gasteiger partial charge in [0, 0.05) is 19.5 Å². The molecule has 2 aliphatic rings. The molecule has 0 N–H and O–H groups in total. The van der Waals surface area contributed by atoms with Crippen LogP contribution >= 0.6 is 0 Å². The van der Waals surface area contributed by atoms with Crippen molar-refractivity contribution in [1.29, 1.82) is 0 Å². The number of imide groups is 1. The van der Waals surface area contributed by atoms with Gasteiger partial charge in [0.1, 0.15) is 0 Å². The number of amides is 3. The Morgan fingerprint density at radius 1 is 0.879 bits per heavy atom. The van der Waals surface area contributed by atoms with Crippen molar-refractivity contribution in [2.24, 2.45) is 0 Å². The van der Waals surface area contributed by atoms with Crippen LogP contribution in [0.5, 0.6) is 0 Å². The molecule has 33 heavy (non-hydrogen) atoms. The highest BCUT2D eigenvalue weighted by Crippen LogP contribution is 2.37.